The Bertz CT molecular complexity index is 710. The number of benzene rings is 1. The maximum atomic E-state index is 13.4. The second-order valence-corrected chi connectivity index (χ2v) is 8.02. The lowest BCUT2D eigenvalue weighted by Gasteiger charge is -2.35. The van der Waals surface area contributed by atoms with Crippen LogP contribution in [-0.2, 0) is 16.0 Å². The lowest BCUT2D eigenvalue weighted by Crippen LogP contribution is -2.43. The molecule has 2 saturated carbocycles. The Morgan fingerprint density at radius 3 is 2.81 bits per heavy atom. The van der Waals surface area contributed by atoms with Gasteiger partial charge in [-0.05, 0) is 55.9 Å². The summed E-state index contributed by atoms with van der Waals surface area (Å²) in [4.78, 5) is 27.4. The van der Waals surface area contributed by atoms with E-state index in [4.69, 9.17) is 9.47 Å². The topological polar surface area (TPSA) is 55.8 Å². The first-order chi connectivity index (χ1) is 13.2. The Labute approximate surface area is 161 Å². The molecule has 0 radical (unpaired) electrons. The number of esters is 1. The van der Waals surface area contributed by atoms with Crippen molar-refractivity contribution in [2.45, 2.75) is 57.9 Å². The highest BCUT2D eigenvalue weighted by atomic mass is 16.5. The quantitative estimate of drug-likeness (QED) is 0.717. The van der Waals surface area contributed by atoms with E-state index in [1.165, 1.54) is 19.3 Å². The van der Waals surface area contributed by atoms with Gasteiger partial charge in [0.15, 0.2) is 0 Å². The molecule has 1 amide bonds. The fourth-order valence-corrected chi connectivity index (χ4v) is 4.52. The van der Waals surface area contributed by atoms with E-state index in [0.29, 0.717) is 25.8 Å². The normalized spacial score (nSPS) is 24.0. The predicted molar refractivity (Wildman–Crippen MR) is 102 cm³/mol. The molecule has 0 spiro atoms. The molecule has 1 aliphatic heterocycles. The minimum atomic E-state index is -0.103. The van der Waals surface area contributed by atoms with Crippen molar-refractivity contribution in [1.29, 1.82) is 0 Å². The molecule has 1 heterocycles. The van der Waals surface area contributed by atoms with Crippen molar-refractivity contribution < 1.29 is 19.1 Å². The average Bonchev–Trinajstić information content (AvgIpc) is 3.32. The number of nitrogens with zero attached hydrogens (tertiary/aromatic N) is 1. The van der Waals surface area contributed by atoms with Gasteiger partial charge in [-0.15, -0.1) is 0 Å². The summed E-state index contributed by atoms with van der Waals surface area (Å²) in [7, 11) is 0. The second kappa shape index (κ2) is 7.91. The van der Waals surface area contributed by atoms with Crippen molar-refractivity contribution in [3.05, 3.63) is 29.3 Å². The smallest absolute Gasteiger partial charge is 0.309 e. The van der Waals surface area contributed by atoms with Gasteiger partial charge in [0.25, 0.3) is 5.91 Å². The van der Waals surface area contributed by atoms with Gasteiger partial charge in [-0.1, -0.05) is 19.3 Å². The van der Waals surface area contributed by atoms with E-state index in [1.54, 1.807) is 0 Å². The molecule has 5 heteroatoms. The third kappa shape index (κ3) is 3.97. The Kier molecular flexibility index (Phi) is 5.37. The average molecular weight is 371 g/mol. The van der Waals surface area contributed by atoms with Crippen LogP contribution in [0.25, 0.3) is 0 Å². The number of carbonyl (C=O) groups is 2. The number of rotatable bonds is 6. The molecule has 1 aromatic carbocycles. The third-order valence-corrected chi connectivity index (χ3v) is 6.16. The SMILES string of the molecule is CCOC(=O)[C@@H]1C[C@H]1CN(C(=O)c1ccc2c(c1)CCO2)C1CCCCC1. The molecule has 2 aliphatic carbocycles. The zero-order valence-corrected chi connectivity index (χ0v) is 16.1. The summed E-state index contributed by atoms with van der Waals surface area (Å²) < 4.78 is 10.7. The Morgan fingerprint density at radius 2 is 2.04 bits per heavy atom. The first kappa shape index (κ1) is 18.3. The van der Waals surface area contributed by atoms with Crippen LogP contribution < -0.4 is 4.74 Å². The fourth-order valence-electron chi connectivity index (χ4n) is 4.52. The Morgan fingerprint density at radius 1 is 1.22 bits per heavy atom. The van der Waals surface area contributed by atoms with Gasteiger partial charge in [-0.25, -0.2) is 0 Å². The number of carbonyl (C=O) groups excluding carboxylic acids is 2. The molecule has 2 atom stereocenters. The van der Waals surface area contributed by atoms with Gasteiger partial charge in [0, 0.05) is 24.6 Å². The van der Waals surface area contributed by atoms with Crippen molar-refractivity contribution in [2.75, 3.05) is 19.8 Å². The van der Waals surface area contributed by atoms with Crippen LogP contribution in [-0.4, -0.2) is 42.6 Å². The van der Waals surface area contributed by atoms with E-state index in [2.05, 4.69) is 4.90 Å². The first-order valence-electron chi connectivity index (χ1n) is 10.4. The molecular formula is C22H29NO4. The van der Waals surface area contributed by atoms with Gasteiger partial charge >= 0.3 is 5.97 Å². The van der Waals surface area contributed by atoms with E-state index in [0.717, 1.165) is 42.6 Å². The van der Waals surface area contributed by atoms with Gasteiger partial charge in [0.05, 0.1) is 19.1 Å². The molecular weight excluding hydrogens is 342 g/mol. The zero-order chi connectivity index (χ0) is 18.8. The van der Waals surface area contributed by atoms with Gasteiger partial charge < -0.3 is 14.4 Å². The van der Waals surface area contributed by atoms with Crippen LogP contribution in [0.4, 0.5) is 0 Å². The summed E-state index contributed by atoms with van der Waals surface area (Å²) in [5, 5.41) is 0. The van der Waals surface area contributed by atoms with Crippen LogP contribution in [0.5, 0.6) is 5.75 Å². The van der Waals surface area contributed by atoms with E-state index in [9.17, 15) is 9.59 Å². The molecule has 27 heavy (non-hydrogen) atoms. The fraction of sp³-hybridized carbons (Fsp3) is 0.636. The van der Waals surface area contributed by atoms with Crippen molar-refractivity contribution in [3.8, 4) is 5.75 Å². The summed E-state index contributed by atoms with van der Waals surface area (Å²) in [5.41, 5.74) is 1.87. The van der Waals surface area contributed by atoms with Crippen molar-refractivity contribution in [1.82, 2.24) is 4.90 Å². The predicted octanol–water partition coefficient (Wildman–Crippen LogP) is 3.60. The second-order valence-electron chi connectivity index (χ2n) is 8.02. The molecule has 0 unspecified atom stereocenters. The minimum Gasteiger partial charge on any atom is -0.493 e. The molecule has 5 nitrogen and oxygen atoms in total. The van der Waals surface area contributed by atoms with Gasteiger partial charge in [-0.2, -0.15) is 0 Å². The Hall–Kier alpha value is -2.04. The monoisotopic (exact) mass is 371 g/mol. The maximum Gasteiger partial charge on any atom is 0.309 e. The number of ether oxygens (including phenoxy) is 2. The summed E-state index contributed by atoms with van der Waals surface area (Å²) in [6.45, 7) is 3.62. The van der Waals surface area contributed by atoms with Crippen LogP contribution in [0.2, 0.25) is 0 Å². The maximum absolute atomic E-state index is 13.4. The van der Waals surface area contributed by atoms with E-state index in [-0.39, 0.29) is 23.7 Å². The third-order valence-electron chi connectivity index (χ3n) is 6.16. The highest BCUT2D eigenvalue weighted by molar-refractivity contribution is 5.95. The van der Waals surface area contributed by atoms with E-state index >= 15 is 0 Å². The molecule has 146 valence electrons. The molecule has 0 aromatic heterocycles. The molecule has 0 saturated heterocycles. The Balaban J connectivity index is 1.49. The molecule has 1 aromatic rings. The van der Waals surface area contributed by atoms with Crippen molar-refractivity contribution in [2.24, 2.45) is 11.8 Å². The lowest BCUT2D eigenvalue weighted by atomic mass is 9.93. The van der Waals surface area contributed by atoms with Gasteiger partial charge in [-0.3, -0.25) is 9.59 Å². The first-order valence-corrected chi connectivity index (χ1v) is 10.4. The van der Waals surface area contributed by atoms with Gasteiger partial charge in [0.1, 0.15) is 5.75 Å². The molecule has 2 fully saturated rings. The van der Waals surface area contributed by atoms with E-state index in [1.807, 2.05) is 25.1 Å². The minimum absolute atomic E-state index is 0.0303. The van der Waals surface area contributed by atoms with Crippen LogP contribution >= 0.6 is 0 Å². The highest BCUT2D eigenvalue weighted by Crippen LogP contribution is 2.41. The summed E-state index contributed by atoms with van der Waals surface area (Å²) in [6.07, 6.45) is 7.45. The zero-order valence-electron chi connectivity index (χ0n) is 16.1. The van der Waals surface area contributed by atoms with Crippen molar-refractivity contribution in [3.63, 3.8) is 0 Å². The summed E-state index contributed by atoms with van der Waals surface area (Å²) >= 11 is 0. The number of hydrogen-bond acceptors (Lipinski definition) is 4. The van der Waals surface area contributed by atoms with Crippen LogP contribution in [0.1, 0.15) is 61.4 Å². The molecule has 3 aliphatic rings. The van der Waals surface area contributed by atoms with E-state index < -0.39 is 0 Å². The number of hydrogen-bond donors (Lipinski definition) is 0. The molecule has 0 bridgehead atoms. The number of fused-ring (bicyclic) bond motifs is 1. The lowest BCUT2D eigenvalue weighted by molar-refractivity contribution is -0.145. The van der Waals surface area contributed by atoms with Crippen LogP contribution in [0, 0.1) is 11.8 Å². The van der Waals surface area contributed by atoms with Gasteiger partial charge in [0.2, 0.25) is 0 Å². The summed E-state index contributed by atoms with van der Waals surface area (Å²) in [6, 6.07) is 6.10. The van der Waals surface area contributed by atoms with Crippen LogP contribution in [0.3, 0.4) is 0 Å². The number of amides is 1. The standard InChI is InChI=1S/C22H29NO4/c1-2-26-22(25)19-13-17(19)14-23(18-6-4-3-5-7-18)21(24)16-8-9-20-15(12-16)10-11-27-20/h8-9,12,17-19H,2-7,10-11,13-14H2,1H3/t17-,19+/m0/s1. The molecule has 4 rings (SSSR count). The largest absolute Gasteiger partial charge is 0.493 e. The highest BCUT2D eigenvalue weighted by Gasteiger charge is 2.46. The summed E-state index contributed by atoms with van der Waals surface area (Å²) in [5.74, 6) is 1.12. The van der Waals surface area contributed by atoms with Crippen LogP contribution in [0.15, 0.2) is 18.2 Å². The van der Waals surface area contributed by atoms with Crippen molar-refractivity contribution >= 4 is 11.9 Å². The molecule has 0 N–H and O–H groups in total.